The van der Waals surface area contributed by atoms with E-state index in [1.165, 1.54) is 0 Å². The maximum Gasteiger partial charge on any atom is 0.255 e. The van der Waals surface area contributed by atoms with Crippen molar-refractivity contribution >= 4 is 23.4 Å². The summed E-state index contributed by atoms with van der Waals surface area (Å²) < 4.78 is 0. The number of carbonyl (C=O) groups excluding carboxylic acids is 1. The lowest BCUT2D eigenvalue weighted by Gasteiger charge is -2.33. The summed E-state index contributed by atoms with van der Waals surface area (Å²) in [6, 6.07) is 14.0. The van der Waals surface area contributed by atoms with Crippen LogP contribution in [-0.2, 0) is 4.87 Å². The number of amides is 1. The number of carbonyl (C=O) groups is 1. The van der Waals surface area contributed by atoms with E-state index in [1.54, 1.807) is 0 Å². The van der Waals surface area contributed by atoms with Crippen LogP contribution in [0.2, 0.25) is 0 Å². The van der Waals surface area contributed by atoms with Crippen LogP contribution in [0.4, 0.5) is 5.69 Å². The lowest BCUT2D eigenvalue weighted by atomic mass is 9.94. The maximum absolute atomic E-state index is 12.7. The summed E-state index contributed by atoms with van der Waals surface area (Å²) >= 11 is 1.81. The average molecular weight is 296 g/mol. The van der Waals surface area contributed by atoms with Gasteiger partial charge in [-0.25, -0.2) is 0 Å². The number of aryl methyl sites for hydroxylation is 1. The molecule has 1 saturated heterocycles. The van der Waals surface area contributed by atoms with Crippen LogP contribution in [-0.4, -0.2) is 23.1 Å². The Balaban J connectivity index is 2.05. The molecule has 4 heteroatoms. The Kier molecular flexibility index (Phi) is 2.60. The fourth-order valence-corrected chi connectivity index (χ4v) is 5.00. The summed E-state index contributed by atoms with van der Waals surface area (Å²) in [7, 11) is 0. The highest BCUT2D eigenvalue weighted by molar-refractivity contribution is 8.00. The molecule has 1 fully saturated rings. The number of rotatable bonds is 1. The summed E-state index contributed by atoms with van der Waals surface area (Å²) in [5.74, 6) is 1.06. The third-order valence-electron chi connectivity index (χ3n) is 4.35. The fraction of sp³-hybridized carbons (Fsp3) is 0.235. The molecule has 0 aliphatic carbocycles. The van der Waals surface area contributed by atoms with Gasteiger partial charge in [-0.3, -0.25) is 4.79 Å². The molecular weight excluding hydrogens is 280 g/mol. The molecule has 1 amide bonds. The second-order valence-electron chi connectivity index (χ2n) is 5.59. The second-order valence-corrected chi connectivity index (χ2v) is 6.87. The zero-order valence-electron chi connectivity index (χ0n) is 11.8. The third-order valence-corrected chi connectivity index (χ3v) is 5.81. The summed E-state index contributed by atoms with van der Waals surface area (Å²) in [5, 5.41) is 0. The number of anilines is 1. The van der Waals surface area contributed by atoms with Crippen molar-refractivity contribution < 1.29 is 4.79 Å². The molecule has 2 aliphatic rings. The van der Waals surface area contributed by atoms with E-state index in [1.807, 2.05) is 47.0 Å². The van der Waals surface area contributed by atoms with E-state index in [9.17, 15) is 4.79 Å². The van der Waals surface area contributed by atoms with Gasteiger partial charge in [0.1, 0.15) is 4.87 Å². The van der Waals surface area contributed by atoms with E-state index < -0.39 is 4.87 Å². The van der Waals surface area contributed by atoms with Crippen molar-refractivity contribution in [3.8, 4) is 0 Å². The molecule has 0 radical (unpaired) electrons. The van der Waals surface area contributed by atoms with Crippen molar-refractivity contribution in [3.63, 3.8) is 0 Å². The van der Waals surface area contributed by atoms with Gasteiger partial charge in [0.25, 0.3) is 5.91 Å². The van der Waals surface area contributed by atoms with E-state index in [2.05, 4.69) is 19.1 Å². The lowest BCUT2D eigenvalue weighted by Crippen LogP contribution is -2.38. The van der Waals surface area contributed by atoms with Crippen molar-refractivity contribution in [2.45, 2.75) is 11.8 Å². The first-order valence-electron chi connectivity index (χ1n) is 7.06. The quantitative estimate of drug-likeness (QED) is 0.823. The van der Waals surface area contributed by atoms with Crippen molar-refractivity contribution in [2.24, 2.45) is 0 Å². The number of fused-ring (bicyclic) bond motifs is 3. The molecule has 21 heavy (non-hydrogen) atoms. The molecule has 0 spiro atoms. The number of hydrogen-bond acceptors (Lipinski definition) is 3. The van der Waals surface area contributed by atoms with E-state index in [-0.39, 0.29) is 5.91 Å². The molecule has 106 valence electrons. The Hall–Kier alpha value is -1.94. The Labute approximate surface area is 128 Å². The SMILES string of the molecule is Cc1ccc(N)c(C23SCCN2C(=O)c2ccccc23)c1. The monoisotopic (exact) mass is 296 g/mol. The molecule has 2 aliphatic heterocycles. The van der Waals surface area contributed by atoms with Gasteiger partial charge < -0.3 is 10.6 Å². The normalized spacial score (nSPS) is 23.3. The topological polar surface area (TPSA) is 46.3 Å². The zero-order valence-corrected chi connectivity index (χ0v) is 12.6. The van der Waals surface area contributed by atoms with Crippen LogP contribution in [0.3, 0.4) is 0 Å². The van der Waals surface area contributed by atoms with Gasteiger partial charge in [-0.15, -0.1) is 11.8 Å². The summed E-state index contributed by atoms with van der Waals surface area (Å²) in [5.41, 5.74) is 11.1. The van der Waals surface area contributed by atoms with Crippen LogP contribution in [0.25, 0.3) is 0 Å². The second kappa shape index (κ2) is 4.28. The smallest absolute Gasteiger partial charge is 0.255 e. The van der Waals surface area contributed by atoms with Crippen LogP contribution >= 0.6 is 11.8 Å². The van der Waals surface area contributed by atoms with Gasteiger partial charge in [-0.1, -0.05) is 35.9 Å². The Morgan fingerprint density at radius 3 is 2.86 bits per heavy atom. The minimum absolute atomic E-state index is 0.122. The average Bonchev–Trinajstić information content (AvgIpc) is 3.02. The molecule has 4 rings (SSSR count). The highest BCUT2D eigenvalue weighted by Gasteiger charge is 2.54. The first kappa shape index (κ1) is 12.8. The largest absolute Gasteiger partial charge is 0.398 e. The molecule has 1 unspecified atom stereocenters. The van der Waals surface area contributed by atoms with E-state index in [4.69, 9.17) is 5.73 Å². The van der Waals surface area contributed by atoms with Crippen molar-refractivity contribution in [1.29, 1.82) is 0 Å². The molecule has 2 N–H and O–H groups in total. The van der Waals surface area contributed by atoms with Crippen molar-refractivity contribution in [2.75, 3.05) is 18.0 Å². The van der Waals surface area contributed by atoms with Crippen LogP contribution < -0.4 is 5.73 Å². The molecule has 2 aromatic carbocycles. The van der Waals surface area contributed by atoms with Gasteiger partial charge in [0.2, 0.25) is 0 Å². The molecule has 0 saturated carbocycles. The molecule has 1 atom stereocenters. The van der Waals surface area contributed by atoms with Gasteiger partial charge >= 0.3 is 0 Å². The third kappa shape index (κ3) is 1.54. The highest BCUT2D eigenvalue weighted by atomic mass is 32.2. The van der Waals surface area contributed by atoms with Crippen LogP contribution in [0.1, 0.15) is 27.0 Å². The van der Waals surface area contributed by atoms with Crippen molar-refractivity contribution in [3.05, 3.63) is 64.7 Å². The van der Waals surface area contributed by atoms with Crippen LogP contribution in [0.5, 0.6) is 0 Å². The van der Waals surface area contributed by atoms with Gasteiger partial charge in [0.15, 0.2) is 0 Å². The molecule has 2 aromatic rings. The number of benzene rings is 2. The van der Waals surface area contributed by atoms with E-state index in [0.29, 0.717) is 0 Å². The molecule has 0 aromatic heterocycles. The Morgan fingerprint density at radius 2 is 2.00 bits per heavy atom. The minimum Gasteiger partial charge on any atom is -0.398 e. The van der Waals surface area contributed by atoms with Crippen LogP contribution in [0, 0.1) is 6.92 Å². The lowest BCUT2D eigenvalue weighted by molar-refractivity contribution is 0.0753. The minimum atomic E-state index is -0.441. The number of hydrogen-bond donors (Lipinski definition) is 1. The van der Waals surface area contributed by atoms with Gasteiger partial charge in [-0.05, 0) is 19.1 Å². The number of nitrogen functional groups attached to an aromatic ring is 1. The Morgan fingerprint density at radius 1 is 1.19 bits per heavy atom. The van der Waals surface area contributed by atoms with Gasteiger partial charge in [0, 0.05) is 34.7 Å². The predicted octanol–water partition coefficient (Wildman–Crippen LogP) is 2.98. The molecule has 0 bridgehead atoms. The fourth-order valence-electron chi connectivity index (χ4n) is 3.43. The van der Waals surface area contributed by atoms with E-state index in [0.717, 1.165) is 40.2 Å². The summed E-state index contributed by atoms with van der Waals surface area (Å²) in [6.07, 6.45) is 0. The number of nitrogens with two attached hydrogens (primary N) is 1. The number of nitrogens with zero attached hydrogens (tertiary/aromatic N) is 1. The first-order chi connectivity index (χ1) is 10.1. The van der Waals surface area contributed by atoms with E-state index >= 15 is 0 Å². The first-order valence-corrected chi connectivity index (χ1v) is 8.05. The highest BCUT2D eigenvalue weighted by Crippen LogP contribution is 2.56. The zero-order chi connectivity index (χ0) is 14.6. The van der Waals surface area contributed by atoms with Crippen molar-refractivity contribution in [1.82, 2.24) is 4.90 Å². The maximum atomic E-state index is 12.7. The van der Waals surface area contributed by atoms with Crippen LogP contribution in [0.15, 0.2) is 42.5 Å². The standard InChI is InChI=1S/C17H16N2OS/c1-11-6-7-15(18)14(10-11)17-13-5-3-2-4-12(13)16(20)19(17)8-9-21-17/h2-7,10H,8-9,18H2,1H3. The summed E-state index contributed by atoms with van der Waals surface area (Å²) in [6.45, 7) is 2.83. The predicted molar refractivity (Wildman–Crippen MR) is 86.3 cm³/mol. The van der Waals surface area contributed by atoms with Gasteiger partial charge in [0.05, 0.1) is 0 Å². The number of thioether (sulfide) groups is 1. The Bertz CT molecular complexity index is 758. The molecule has 2 heterocycles. The molecular formula is C17H16N2OS. The summed E-state index contributed by atoms with van der Waals surface area (Å²) in [4.78, 5) is 14.3. The molecule has 3 nitrogen and oxygen atoms in total. The van der Waals surface area contributed by atoms with Gasteiger partial charge in [-0.2, -0.15) is 0 Å².